The van der Waals surface area contributed by atoms with E-state index < -0.39 is 17.1 Å². The highest BCUT2D eigenvalue weighted by atomic mass is 16.4. The van der Waals surface area contributed by atoms with Crippen LogP contribution >= 0.6 is 0 Å². The van der Waals surface area contributed by atoms with Gasteiger partial charge in [-0.3, -0.25) is 4.79 Å². The molecule has 1 aromatic carbocycles. The topological polar surface area (TPSA) is 81.1 Å². The molecule has 3 fully saturated rings. The maximum absolute atomic E-state index is 12.7. The molecule has 0 unspecified atom stereocenters. The van der Waals surface area contributed by atoms with Crippen molar-refractivity contribution in [1.29, 1.82) is 0 Å². The number of rotatable bonds is 3. The van der Waals surface area contributed by atoms with E-state index in [1.165, 1.54) is 4.90 Å². The van der Waals surface area contributed by atoms with Crippen molar-refractivity contribution >= 4 is 12.0 Å². The second-order valence-electron chi connectivity index (χ2n) is 8.56. The summed E-state index contributed by atoms with van der Waals surface area (Å²) in [5.74, 6) is 0.257. The van der Waals surface area contributed by atoms with E-state index in [0.717, 1.165) is 31.2 Å². The van der Waals surface area contributed by atoms with Gasteiger partial charge in [0.15, 0.2) is 0 Å². The molecule has 2 N–H and O–H groups in total. The number of carbonyl (C=O) groups is 2. The summed E-state index contributed by atoms with van der Waals surface area (Å²) >= 11 is 0. The van der Waals surface area contributed by atoms with Gasteiger partial charge in [-0.05, 0) is 24.8 Å². The maximum atomic E-state index is 12.7. The van der Waals surface area contributed by atoms with Crippen LogP contribution in [0.2, 0.25) is 0 Å². The van der Waals surface area contributed by atoms with Gasteiger partial charge in [-0.25, -0.2) is 4.79 Å². The third-order valence-corrected chi connectivity index (χ3v) is 7.05. The minimum Gasteiger partial charge on any atom is -0.465 e. The normalized spacial score (nSPS) is 30.3. The average molecular weight is 372 g/mol. The monoisotopic (exact) mass is 372 g/mol. The van der Waals surface area contributed by atoms with Gasteiger partial charge in [0, 0.05) is 37.4 Å². The van der Waals surface area contributed by atoms with E-state index >= 15 is 0 Å². The number of hydrogen-bond donors (Lipinski definition) is 2. The molecule has 0 radical (unpaired) electrons. The predicted molar refractivity (Wildman–Crippen MR) is 100 cm³/mol. The van der Waals surface area contributed by atoms with Gasteiger partial charge in [-0.15, -0.1) is 0 Å². The molecule has 1 saturated carbocycles. The number of carboxylic acid groups (broad SMARTS) is 1. The van der Waals surface area contributed by atoms with Crippen LogP contribution in [0, 0.1) is 5.41 Å². The highest BCUT2D eigenvalue weighted by molar-refractivity contribution is 5.80. The summed E-state index contributed by atoms with van der Waals surface area (Å²) in [6, 6.07) is 10.1. The lowest BCUT2D eigenvalue weighted by Gasteiger charge is -2.52. The van der Waals surface area contributed by atoms with Crippen LogP contribution in [0.5, 0.6) is 0 Å². The third kappa shape index (κ3) is 3.20. The Hall–Kier alpha value is -2.08. The van der Waals surface area contributed by atoms with Gasteiger partial charge < -0.3 is 20.0 Å². The Labute approximate surface area is 159 Å². The molecule has 0 bridgehead atoms. The molecule has 2 aliphatic heterocycles. The van der Waals surface area contributed by atoms with Gasteiger partial charge in [0.05, 0.1) is 12.1 Å². The molecule has 1 spiro atoms. The minimum atomic E-state index is -1.00. The summed E-state index contributed by atoms with van der Waals surface area (Å²) in [5.41, 5.74) is -0.262. The molecule has 2 atom stereocenters. The number of likely N-dealkylation sites (tertiary alicyclic amines) is 2. The van der Waals surface area contributed by atoms with Crippen molar-refractivity contribution in [2.75, 3.05) is 26.2 Å². The van der Waals surface area contributed by atoms with Crippen molar-refractivity contribution in [2.45, 2.75) is 50.0 Å². The lowest BCUT2D eigenvalue weighted by Crippen LogP contribution is -2.63. The number of amides is 2. The molecular formula is C21H28N2O4. The highest BCUT2D eigenvalue weighted by Gasteiger charge is 2.56. The first kappa shape index (κ1) is 18.3. The largest absolute Gasteiger partial charge is 0.465 e. The fraction of sp³-hybridized carbons (Fsp3) is 0.619. The lowest BCUT2D eigenvalue weighted by atomic mass is 9.65. The maximum Gasteiger partial charge on any atom is 0.407 e. The number of carbonyl (C=O) groups excluding carboxylic acids is 1. The van der Waals surface area contributed by atoms with Gasteiger partial charge in [0.25, 0.3) is 0 Å². The fourth-order valence-corrected chi connectivity index (χ4v) is 5.45. The average Bonchev–Trinajstić information content (AvgIpc) is 3.27. The van der Waals surface area contributed by atoms with Crippen LogP contribution in [0.1, 0.15) is 50.0 Å². The summed E-state index contributed by atoms with van der Waals surface area (Å²) in [6.45, 7) is 1.66. The van der Waals surface area contributed by atoms with Crippen LogP contribution in [0.25, 0.3) is 0 Å². The number of β-amino-alcohol motifs (C(OH)–C–C–N with tert-alkyl or cyclic N) is 1. The van der Waals surface area contributed by atoms with E-state index in [2.05, 4.69) is 12.1 Å². The Morgan fingerprint density at radius 3 is 2.52 bits per heavy atom. The summed E-state index contributed by atoms with van der Waals surface area (Å²) in [7, 11) is 0. The molecule has 6 heteroatoms. The first-order valence-electron chi connectivity index (χ1n) is 9.95. The molecule has 0 aromatic heterocycles. The number of aliphatic hydroxyl groups is 1. The summed E-state index contributed by atoms with van der Waals surface area (Å²) in [4.78, 5) is 27.4. The number of piperidine rings is 1. The highest BCUT2D eigenvalue weighted by Crippen LogP contribution is 2.51. The Bertz CT molecular complexity index is 716. The Morgan fingerprint density at radius 1 is 1.15 bits per heavy atom. The van der Waals surface area contributed by atoms with E-state index in [0.29, 0.717) is 39.0 Å². The molecule has 1 aromatic rings. The van der Waals surface area contributed by atoms with Gasteiger partial charge in [0.2, 0.25) is 5.91 Å². The van der Waals surface area contributed by atoms with Crippen LogP contribution < -0.4 is 0 Å². The Kier molecular flexibility index (Phi) is 4.62. The van der Waals surface area contributed by atoms with Gasteiger partial charge >= 0.3 is 6.09 Å². The van der Waals surface area contributed by atoms with E-state index in [4.69, 9.17) is 0 Å². The summed E-state index contributed by atoms with van der Waals surface area (Å²) in [6.07, 6.45) is 3.65. The number of nitrogens with zero attached hydrogens (tertiary/aromatic N) is 2. The SMILES string of the molecule is O=C(O)N1CC[C@@](O)(CN2C[C@@H](c3ccccc3)CC2=O)C2(CCCC2)C1. The van der Waals surface area contributed by atoms with Crippen molar-refractivity contribution in [3.63, 3.8) is 0 Å². The van der Waals surface area contributed by atoms with Crippen LogP contribution in [0.4, 0.5) is 4.79 Å². The van der Waals surface area contributed by atoms with Crippen molar-refractivity contribution in [1.82, 2.24) is 9.80 Å². The molecule has 4 rings (SSSR count). The Balaban J connectivity index is 1.52. The second-order valence-corrected chi connectivity index (χ2v) is 8.56. The smallest absolute Gasteiger partial charge is 0.407 e. The van der Waals surface area contributed by atoms with Crippen molar-refractivity contribution in [3.8, 4) is 0 Å². The fourth-order valence-electron chi connectivity index (χ4n) is 5.45. The molecule has 1 aliphatic carbocycles. The molecule has 3 aliphatic rings. The van der Waals surface area contributed by atoms with Gasteiger partial charge in [0.1, 0.15) is 0 Å². The van der Waals surface area contributed by atoms with Crippen molar-refractivity contribution in [2.24, 2.45) is 5.41 Å². The van der Waals surface area contributed by atoms with E-state index in [-0.39, 0.29) is 11.8 Å². The third-order valence-electron chi connectivity index (χ3n) is 7.05. The number of hydrogen-bond acceptors (Lipinski definition) is 3. The molecular weight excluding hydrogens is 344 g/mol. The standard InChI is InChI=1S/C21H28N2O4/c24-18-12-17(16-6-2-1-3-7-16)13-23(18)15-21(27)10-11-22(19(25)26)14-20(21)8-4-5-9-20/h1-3,6-7,17,27H,4-5,8-15H2,(H,25,26)/t17-,21+/m0/s1. The van der Waals surface area contributed by atoms with Crippen molar-refractivity contribution in [3.05, 3.63) is 35.9 Å². The quantitative estimate of drug-likeness (QED) is 0.855. The summed E-state index contributed by atoms with van der Waals surface area (Å²) < 4.78 is 0. The first-order valence-corrected chi connectivity index (χ1v) is 9.95. The Morgan fingerprint density at radius 2 is 1.85 bits per heavy atom. The summed E-state index contributed by atoms with van der Waals surface area (Å²) in [5, 5.41) is 21.1. The van der Waals surface area contributed by atoms with Gasteiger partial charge in [-0.1, -0.05) is 43.2 Å². The molecule has 2 heterocycles. The lowest BCUT2D eigenvalue weighted by molar-refractivity contribution is -0.152. The van der Waals surface area contributed by atoms with E-state index in [1.807, 2.05) is 23.1 Å². The molecule has 2 saturated heterocycles. The van der Waals surface area contributed by atoms with E-state index in [9.17, 15) is 19.8 Å². The van der Waals surface area contributed by atoms with Crippen LogP contribution in [-0.4, -0.2) is 63.8 Å². The van der Waals surface area contributed by atoms with Crippen LogP contribution in [-0.2, 0) is 4.79 Å². The first-order chi connectivity index (χ1) is 12.9. The predicted octanol–water partition coefficient (Wildman–Crippen LogP) is 2.68. The zero-order valence-corrected chi connectivity index (χ0v) is 15.6. The van der Waals surface area contributed by atoms with Crippen molar-refractivity contribution < 1.29 is 19.8 Å². The zero-order valence-electron chi connectivity index (χ0n) is 15.6. The van der Waals surface area contributed by atoms with Crippen LogP contribution in [0.15, 0.2) is 30.3 Å². The van der Waals surface area contributed by atoms with E-state index in [1.54, 1.807) is 0 Å². The second kappa shape index (κ2) is 6.82. The molecule has 27 heavy (non-hydrogen) atoms. The zero-order chi connectivity index (χ0) is 19.1. The number of benzene rings is 1. The molecule has 6 nitrogen and oxygen atoms in total. The van der Waals surface area contributed by atoms with Gasteiger partial charge in [-0.2, -0.15) is 0 Å². The molecule has 146 valence electrons. The molecule has 2 amide bonds. The van der Waals surface area contributed by atoms with Crippen LogP contribution in [0.3, 0.4) is 0 Å². The minimum absolute atomic E-state index is 0.0890.